The molecule has 0 amide bonds. The highest BCUT2D eigenvalue weighted by Gasteiger charge is 2.32. The van der Waals surface area contributed by atoms with Gasteiger partial charge < -0.3 is 11.1 Å². The molecule has 1 aliphatic heterocycles. The zero-order valence-electron chi connectivity index (χ0n) is 19.9. The lowest BCUT2D eigenvalue weighted by Gasteiger charge is -2.32. The van der Waals surface area contributed by atoms with E-state index < -0.39 is 21.8 Å². The average molecular weight is 531 g/mol. The van der Waals surface area contributed by atoms with E-state index in [1.54, 1.807) is 28.9 Å². The Morgan fingerprint density at radius 3 is 2.30 bits per heavy atom. The molecule has 0 atom stereocenters. The van der Waals surface area contributed by atoms with Gasteiger partial charge in [0.05, 0.1) is 16.0 Å². The molecule has 1 saturated heterocycles. The number of nitrogen functional groups attached to an aromatic ring is 1. The summed E-state index contributed by atoms with van der Waals surface area (Å²) in [7, 11) is -1.86. The maximum atomic E-state index is 13.2. The SMILES string of the molecule is Cn1nc(N)c2cc(-c3ccc(S(=O)(=O)N4CCC(Nc5ccc(C(F)(F)F)cn5)CC4)cc3)ccc21. The van der Waals surface area contributed by atoms with Gasteiger partial charge >= 0.3 is 6.18 Å². The molecule has 194 valence electrons. The molecule has 0 saturated carbocycles. The first kappa shape index (κ1) is 25.0. The van der Waals surface area contributed by atoms with Gasteiger partial charge in [-0.25, -0.2) is 13.4 Å². The number of nitrogens with one attached hydrogen (secondary N) is 1. The second-order valence-corrected chi connectivity index (χ2v) is 11.0. The molecular formula is C25H25F3N6O2S. The number of aromatic nitrogens is 3. The smallest absolute Gasteiger partial charge is 0.382 e. The van der Waals surface area contributed by atoms with Crippen LogP contribution in [0.5, 0.6) is 0 Å². The van der Waals surface area contributed by atoms with Crippen molar-refractivity contribution in [2.45, 2.75) is 30.0 Å². The van der Waals surface area contributed by atoms with Gasteiger partial charge in [-0.2, -0.15) is 22.6 Å². The van der Waals surface area contributed by atoms with Gasteiger partial charge in [0.2, 0.25) is 10.0 Å². The summed E-state index contributed by atoms with van der Waals surface area (Å²) in [5, 5.41) is 8.16. The Morgan fingerprint density at radius 1 is 1.00 bits per heavy atom. The largest absolute Gasteiger partial charge is 0.417 e. The number of hydrogen-bond donors (Lipinski definition) is 2. The van der Waals surface area contributed by atoms with E-state index in [1.165, 1.54) is 10.4 Å². The molecule has 2 aromatic heterocycles. The molecule has 2 aromatic carbocycles. The minimum absolute atomic E-state index is 0.0899. The van der Waals surface area contributed by atoms with Gasteiger partial charge in [-0.3, -0.25) is 4.68 Å². The van der Waals surface area contributed by atoms with Crippen molar-refractivity contribution in [2.24, 2.45) is 7.05 Å². The third-order valence-electron chi connectivity index (χ3n) is 6.60. The van der Waals surface area contributed by atoms with Crippen molar-refractivity contribution in [3.05, 3.63) is 66.4 Å². The molecule has 0 spiro atoms. The fourth-order valence-corrected chi connectivity index (χ4v) is 6.01. The first-order valence-electron chi connectivity index (χ1n) is 11.6. The summed E-state index contributed by atoms with van der Waals surface area (Å²) in [6, 6.07) is 14.7. The zero-order chi connectivity index (χ0) is 26.4. The van der Waals surface area contributed by atoms with Crippen molar-refractivity contribution in [3.63, 3.8) is 0 Å². The van der Waals surface area contributed by atoms with Crippen LogP contribution < -0.4 is 11.1 Å². The zero-order valence-corrected chi connectivity index (χ0v) is 20.7. The number of halogens is 3. The number of benzene rings is 2. The van der Waals surface area contributed by atoms with Crippen molar-refractivity contribution in [3.8, 4) is 11.1 Å². The number of rotatable bonds is 5. The number of anilines is 2. The van der Waals surface area contributed by atoms with Gasteiger partial charge in [0.25, 0.3) is 0 Å². The molecule has 4 aromatic rings. The van der Waals surface area contributed by atoms with Crippen LogP contribution in [0.15, 0.2) is 65.7 Å². The molecule has 1 aliphatic rings. The first-order chi connectivity index (χ1) is 17.5. The maximum absolute atomic E-state index is 13.2. The molecule has 37 heavy (non-hydrogen) atoms. The predicted octanol–water partition coefficient (Wildman–Crippen LogP) is 4.50. The van der Waals surface area contributed by atoms with Gasteiger partial charge in [-0.05, 0) is 60.4 Å². The van der Waals surface area contributed by atoms with Gasteiger partial charge in [0.1, 0.15) is 5.82 Å². The maximum Gasteiger partial charge on any atom is 0.417 e. The molecule has 12 heteroatoms. The Morgan fingerprint density at radius 2 is 1.68 bits per heavy atom. The lowest BCUT2D eigenvalue weighted by Crippen LogP contribution is -2.42. The van der Waals surface area contributed by atoms with Crippen molar-refractivity contribution in [1.82, 2.24) is 19.1 Å². The fourth-order valence-electron chi connectivity index (χ4n) is 4.54. The summed E-state index contributed by atoms with van der Waals surface area (Å²) in [6.45, 7) is 0.582. The third-order valence-corrected chi connectivity index (χ3v) is 8.51. The highest BCUT2D eigenvalue weighted by molar-refractivity contribution is 7.89. The van der Waals surface area contributed by atoms with Crippen molar-refractivity contribution < 1.29 is 21.6 Å². The van der Waals surface area contributed by atoms with Crippen LogP contribution in [-0.4, -0.2) is 46.6 Å². The number of fused-ring (bicyclic) bond motifs is 1. The molecule has 0 unspecified atom stereocenters. The van der Waals surface area contributed by atoms with Crippen LogP contribution in [0, 0.1) is 0 Å². The quantitative estimate of drug-likeness (QED) is 0.394. The number of aryl methyl sites for hydroxylation is 1. The number of alkyl halides is 3. The van der Waals surface area contributed by atoms with Crippen LogP contribution >= 0.6 is 0 Å². The highest BCUT2D eigenvalue weighted by Crippen LogP contribution is 2.31. The summed E-state index contributed by atoms with van der Waals surface area (Å²) in [6.07, 6.45) is -2.64. The van der Waals surface area contributed by atoms with E-state index in [1.807, 2.05) is 25.2 Å². The molecule has 3 heterocycles. The van der Waals surface area contributed by atoms with Gasteiger partial charge in [-0.15, -0.1) is 0 Å². The van der Waals surface area contributed by atoms with Crippen LogP contribution in [0.4, 0.5) is 24.8 Å². The van der Waals surface area contributed by atoms with Crippen molar-refractivity contribution in [2.75, 3.05) is 24.1 Å². The van der Waals surface area contributed by atoms with E-state index >= 15 is 0 Å². The summed E-state index contributed by atoms with van der Waals surface area (Å²) < 4.78 is 67.7. The Balaban J connectivity index is 1.24. The Hall–Kier alpha value is -3.64. The highest BCUT2D eigenvalue weighted by atomic mass is 32.2. The van der Waals surface area contributed by atoms with Gasteiger partial charge in [0, 0.05) is 37.8 Å². The molecule has 5 rings (SSSR count). The van der Waals surface area contributed by atoms with Crippen LogP contribution in [0.2, 0.25) is 0 Å². The molecule has 3 N–H and O–H groups in total. The molecule has 0 aliphatic carbocycles. The van der Waals surface area contributed by atoms with E-state index in [-0.39, 0.29) is 10.9 Å². The minimum Gasteiger partial charge on any atom is -0.382 e. The number of hydrogen-bond acceptors (Lipinski definition) is 6. The predicted molar refractivity (Wildman–Crippen MR) is 135 cm³/mol. The summed E-state index contributed by atoms with van der Waals surface area (Å²) >= 11 is 0. The second kappa shape index (κ2) is 9.34. The standard InChI is InChI=1S/C25H25F3N6O2S/c1-33-22-8-4-17(14-21(22)24(29)32-33)16-2-6-20(7-3-16)37(35,36)34-12-10-19(11-13-34)31-23-9-5-18(15-30-23)25(26,27)28/h2-9,14-15,19H,10-13H2,1H3,(H2,29,32)(H,30,31). The molecule has 1 fully saturated rings. The van der Waals surface area contributed by atoms with Crippen LogP contribution in [-0.2, 0) is 23.2 Å². The Kier molecular flexibility index (Phi) is 6.32. The van der Waals surface area contributed by atoms with E-state index in [9.17, 15) is 21.6 Å². The van der Waals surface area contributed by atoms with Crippen LogP contribution in [0.25, 0.3) is 22.0 Å². The van der Waals surface area contributed by atoms with Gasteiger partial charge in [-0.1, -0.05) is 18.2 Å². The van der Waals surface area contributed by atoms with Crippen LogP contribution in [0.3, 0.4) is 0 Å². The lowest BCUT2D eigenvalue weighted by molar-refractivity contribution is -0.137. The molecule has 0 bridgehead atoms. The monoisotopic (exact) mass is 530 g/mol. The molecule has 8 nitrogen and oxygen atoms in total. The fraction of sp³-hybridized carbons (Fsp3) is 0.280. The van der Waals surface area contributed by atoms with E-state index in [2.05, 4.69) is 15.4 Å². The van der Waals surface area contributed by atoms with Crippen LogP contribution in [0.1, 0.15) is 18.4 Å². The lowest BCUT2D eigenvalue weighted by atomic mass is 10.0. The average Bonchev–Trinajstić information content (AvgIpc) is 3.17. The minimum atomic E-state index is -4.44. The van der Waals surface area contributed by atoms with E-state index in [0.29, 0.717) is 37.6 Å². The Labute approximate surface area is 212 Å². The molecular weight excluding hydrogens is 505 g/mol. The number of sulfonamides is 1. The first-order valence-corrected chi connectivity index (χ1v) is 13.1. The summed E-state index contributed by atoms with van der Waals surface area (Å²) in [5.41, 5.74) is 7.85. The summed E-state index contributed by atoms with van der Waals surface area (Å²) in [5.74, 6) is 0.765. The summed E-state index contributed by atoms with van der Waals surface area (Å²) in [4.78, 5) is 4.04. The normalized spacial score (nSPS) is 15.8. The second-order valence-electron chi connectivity index (χ2n) is 9.02. The van der Waals surface area contributed by atoms with E-state index in [4.69, 9.17) is 5.73 Å². The number of piperidine rings is 1. The topological polar surface area (TPSA) is 106 Å². The number of pyridine rings is 1. The molecule has 0 radical (unpaired) electrons. The van der Waals surface area contributed by atoms with Gasteiger partial charge in [0.15, 0.2) is 5.82 Å². The Bertz CT molecular complexity index is 1530. The van der Waals surface area contributed by atoms with Crippen molar-refractivity contribution in [1.29, 1.82) is 0 Å². The third kappa shape index (κ3) is 4.98. The number of nitrogens with zero attached hydrogens (tertiary/aromatic N) is 4. The van der Waals surface area contributed by atoms with Crippen molar-refractivity contribution >= 4 is 32.6 Å². The number of nitrogens with two attached hydrogens (primary N) is 1. The van der Waals surface area contributed by atoms with E-state index in [0.717, 1.165) is 34.3 Å².